The third-order valence-electron chi connectivity index (χ3n) is 3.05. The highest BCUT2D eigenvalue weighted by atomic mass is 16.5. The number of carbonyl (C=O) groups excluding carboxylic acids is 1. The summed E-state index contributed by atoms with van der Waals surface area (Å²) in [6.45, 7) is 5.43. The van der Waals surface area contributed by atoms with Crippen LogP contribution in [0.2, 0.25) is 0 Å². The molecule has 0 aromatic carbocycles. The van der Waals surface area contributed by atoms with Crippen LogP contribution < -0.4 is 5.32 Å². The molecule has 0 radical (unpaired) electrons. The van der Waals surface area contributed by atoms with Gasteiger partial charge in [0.25, 0.3) is 0 Å². The normalized spacial score (nSPS) is 25.5. The Labute approximate surface area is 92.0 Å². The van der Waals surface area contributed by atoms with Crippen LogP contribution in [0.1, 0.15) is 13.3 Å². The van der Waals surface area contributed by atoms with Gasteiger partial charge in [-0.2, -0.15) is 0 Å². The van der Waals surface area contributed by atoms with Crippen molar-refractivity contribution in [1.29, 1.82) is 0 Å². The zero-order valence-corrected chi connectivity index (χ0v) is 9.95. The maximum Gasteiger partial charge on any atom is 0.227 e. The van der Waals surface area contributed by atoms with Gasteiger partial charge in [-0.15, -0.1) is 0 Å². The fourth-order valence-electron chi connectivity index (χ4n) is 1.98. The van der Waals surface area contributed by atoms with Gasteiger partial charge in [-0.05, 0) is 18.9 Å². The molecule has 1 amide bonds. The first kappa shape index (κ1) is 12.5. The highest BCUT2D eigenvalue weighted by Crippen LogP contribution is 2.17. The molecule has 1 N–H and O–H groups in total. The monoisotopic (exact) mass is 214 g/mol. The van der Waals surface area contributed by atoms with Crippen LogP contribution in [0.15, 0.2) is 0 Å². The largest absolute Gasteiger partial charge is 0.385 e. The Hall–Kier alpha value is -0.610. The molecule has 0 saturated carbocycles. The van der Waals surface area contributed by atoms with Crippen LogP contribution in [-0.4, -0.2) is 51.2 Å². The van der Waals surface area contributed by atoms with Crippen LogP contribution >= 0.6 is 0 Å². The van der Waals surface area contributed by atoms with E-state index in [2.05, 4.69) is 12.2 Å². The van der Waals surface area contributed by atoms with Crippen LogP contribution in [0.5, 0.6) is 0 Å². The molecule has 4 heteroatoms. The first-order valence-corrected chi connectivity index (χ1v) is 5.61. The molecule has 1 heterocycles. The van der Waals surface area contributed by atoms with E-state index in [4.69, 9.17) is 4.74 Å². The summed E-state index contributed by atoms with van der Waals surface area (Å²) in [4.78, 5) is 13.8. The van der Waals surface area contributed by atoms with Crippen LogP contribution in [0.25, 0.3) is 0 Å². The van der Waals surface area contributed by atoms with E-state index < -0.39 is 0 Å². The Morgan fingerprint density at radius 3 is 2.80 bits per heavy atom. The molecule has 0 aromatic rings. The molecule has 0 bridgehead atoms. The number of nitrogens with one attached hydrogen (secondary N) is 1. The third-order valence-corrected chi connectivity index (χ3v) is 3.05. The molecule has 4 nitrogen and oxygen atoms in total. The number of methoxy groups -OCH3 is 1. The molecule has 88 valence electrons. The average molecular weight is 214 g/mol. The number of hydrogen-bond donors (Lipinski definition) is 1. The van der Waals surface area contributed by atoms with Gasteiger partial charge in [0.2, 0.25) is 5.91 Å². The van der Waals surface area contributed by atoms with Crippen molar-refractivity contribution in [3.8, 4) is 0 Å². The number of carbonyl (C=O) groups is 1. The molecule has 2 unspecified atom stereocenters. The van der Waals surface area contributed by atoms with E-state index in [1.807, 2.05) is 11.9 Å². The molecule has 15 heavy (non-hydrogen) atoms. The van der Waals surface area contributed by atoms with Crippen LogP contribution in [0.4, 0.5) is 0 Å². The minimum Gasteiger partial charge on any atom is -0.385 e. The number of ether oxygens (including phenoxy) is 1. The van der Waals surface area contributed by atoms with Crippen LogP contribution in [0.3, 0.4) is 0 Å². The van der Waals surface area contributed by atoms with Crippen LogP contribution in [0, 0.1) is 11.8 Å². The van der Waals surface area contributed by atoms with Gasteiger partial charge in [0.15, 0.2) is 0 Å². The highest BCUT2D eigenvalue weighted by molar-refractivity contribution is 5.79. The molecule has 1 fully saturated rings. The fraction of sp³-hybridized carbons (Fsp3) is 0.909. The van der Waals surface area contributed by atoms with E-state index in [0.29, 0.717) is 5.92 Å². The van der Waals surface area contributed by atoms with Gasteiger partial charge in [-0.3, -0.25) is 4.79 Å². The zero-order chi connectivity index (χ0) is 11.3. The van der Waals surface area contributed by atoms with Crippen molar-refractivity contribution in [3.05, 3.63) is 0 Å². The number of nitrogens with zero attached hydrogens (tertiary/aromatic N) is 1. The lowest BCUT2D eigenvalue weighted by Gasteiger charge is -2.22. The minimum absolute atomic E-state index is 0.164. The maximum absolute atomic E-state index is 12.0. The van der Waals surface area contributed by atoms with Crippen molar-refractivity contribution in [2.45, 2.75) is 13.3 Å². The Balaban J connectivity index is 2.31. The summed E-state index contributed by atoms with van der Waals surface area (Å²) in [6, 6.07) is 0. The van der Waals surface area contributed by atoms with Gasteiger partial charge in [0.05, 0.1) is 5.92 Å². The molecule has 1 aliphatic rings. The van der Waals surface area contributed by atoms with E-state index in [-0.39, 0.29) is 11.8 Å². The second-order valence-electron chi connectivity index (χ2n) is 4.35. The Morgan fingerprint density at radius 2 is 2.27 bits per heavy atom. The Morgan fingerprint density at radius 1 is 1.53 bits per heavy atom. The molecule has 1 aliphatic heterocycles. The summed E-state index contributed by atoms with van der Waals surface area (Å²) in [6.07, 6.45) is 0.910. The van der Waals surface area contributed by atoms with Gasteiger partial charge in [0, 0.05) is 33.9 Å². The van der Waals surface area contributed by atoms with Gasteiger partial charge in [0.1, 0.15) is 0 Å². The van der Waals surface area contributed by atoms with Gasteiger partial charge >= 0.3 is 0 Å². The lowest BCUT2D eigenvalue weighted by molar-refractivity contribution is -0.134. The van der Waals surface area contributed by atoms with Crippen molar-refractivity contribution in [3.63, 3.8) is 0 Å². The fourth-order valence-corrected chi connectivity index (χ4v) is 1.98. The first-order valence-electron chi connectivity index (χ1n) is 5.61. The van der Waals surface area contributed by atoms with Gasteiger partial charge in [-0.25, -0.2) is 0 Å². The zero-order valence-electron chi connectivity index (χ0n) is 9.95. The molecule has 0 spiro atoms. The summed E-state index contributed by atoms with van der Waals surface area (Å²) in [5, 5.41) is 3.25. The van der Waals surface area contributed by atoms with E-state index in [0.717, 1.165) is 32.7 Å². The van der Waals surface area contributed by atoms with Crippen molar-refractivity contribution < 1.29 is 9.53 Å². The van der Waals surface area contributed by atoms with Gasteiger partial charge in [-0.1, -0.05) is 6.92 Å². The standard InChI is InChI=1S/C11H22N2O2/c1-9-7-12-8-10(9)11(14)13(2)5-4-6-15-3/h9-10,12H,4-8H2,1-3H3. The van der Waals surface area contributed by atoms with E-state index >= 15 is 0 Å². The van der Waals surface area contributed by atoms with E-state index in [1.165, 1.54) is 0 Å². The van der Waals surface area contributed by atoms with E-state index in [9.17, 15) is 4.79 Å². The Bertz CT molecular complexity index is 209. The number of amides is 1. The summed E-state index contributed by atoms with van der Waals surface area (Å²) in [5.74, 6) is 0.892. The molecular weight excluding hydrogens is 192 g/mol. The predicted molar refractivity (Wildman–Crippen MR) is 59.7 cm³/mol. The predicted octanol–water partition coefficient (Wildman–Crippen LogP) is 0.337. The summed E-state index contributed by atoms with van der Waals surface area (Å²) < 4.78 is 4.97. The molecule has 0 aliphatic carbocycles. The second-order valence-corrected chi connectivity index (χ2v) is 4.35. The number of rotatable bonds is 5. The third kappa shape index (κ3) is 3.47. The first-order chi connectivity index (χ1) is 7.16. The molecule has 2 atom stereocenters. The highest BCUT2D eigenvalue weighted by Gasteiger charge is 2.31. The summed E-state index contributed by atoms with van der Waals surface area (Å²) in [7, 11) is 3.56. The number of hydrogen-bond acceptors (Lipinski definition) is 3. The SMILES string of the molecule is COCCCN(C)C(=O)C1CNCC1C. The quantitative estimate of drug-likeness (QED) is 0.671. The second kappa shape index (κ2) is 6.08. The molecular formula is C11H22N2O2. The maximum atomic E-state index is 12.0. The van der Waals surface area contributed by atoms with E-state index in [1.54, 1.807) is 7.11 Å². The molecule has 1 rings (SSSR count). The molecule has 0 aromatic heterocycles. The smallest absolute Gasteiger partial charge is 0.227 e. The van der Waals surface area contributed by atoms with Crippen molar-refractivity contribution in [2.75, 3.05) is 40.4 Å². The average Bonchev–Trinajstić information content (AvgIpc) is 2.63. The lowest BCUT2D eigenvalue weighted by atomic mass is 9.97. The van der Waals surface area contributed by atoms with Crippen molar-refractivity contribution >= 4 is 5.91 Å². The summed E-state index contributed by atoms with van der Waals surface area (Å²) >= 11 is 0. The lowest BCUT2D eigenvalue weighted by Crippen LogP contribution is -2.36. The topological polar surface area (TPSA) is 41.6 Å². The Kier molecular flexibility index (Phi) is 5.05. The van der Waals surface area contributed by atoms with Gasteiger partial charge < -0.3 is 15.0 Å². The van der Waals surface area contributed by atoms with Crippen molar-refractivity contribution in [2.24, 2.45) is 11.8 Å². The summed E-state index contributed by atoms with van der Waals surface area (Å²) in [5.41, 5.74) is 0. The minimum atomic E-state index is 0.164. The van der Waals surface area contributed by atoms with Crippen LogP contribution in [-0.2, 0) is 9.53 Å². The van der Waals surface area contributed by atoms with Crippen molar-refractivity contribution in [1.82, 2.24) is 10.2 Å². The molecule has 1 saturated heterocycles.